The number of ether oxygens (including phenoxy) is 1. The SMILES string of the molecule is CCCC(=O)NC[C@@H]1CCCN(C(=O)c2ccc(OC)cc2)C1. The first-order valence-electron chi connectivity index (χ1n) is 8.34. The molecular weight excluding hydrogens is 292 g/mol. The van der Waals surface area contributed by atoms with Crippen LogP contribution >= 0.6 is 0 Å². The van der Waals surface area contributed by atoms with Gasteiger partial charge in [0.1, 0.15) is 5.75 Å². The summed E-state index contributed by atoms with van der Waals surface area (Å²) in [6.45, 7) is 4.14. The van der Waals surface area contributed by atoms with E-state index in [1.54, 1.807) is 31.4 Å². The Hall–Kier alpha value is -2.04. The van der Waals surface area contributed by atoms with Crippen LogP contribution in [0.4, 0.5) is 0 Å². The number of hydrogen-bond acceptors (Lipinski definition) is 3. The fraction of sp³-hybridized carbons (Fsp3) is 0.556. The minimum atomic E-state index is 0.0530. The molecule has 0 saturated carbocycles. The molecule has 1 aromatic carbocycles. The van der Waals surface area contributed by atoms with Gasteiger partial charge in [-0.05, 0) is 49.4 Å². The Morgan fingerprint density at radius 2 is 2.04 bits per heavy atom. The Labute approximate surface area is 138 Å². The molecule has 1 aliphatic heterocycles. The average Bonchev–Trinajstić information content (AvgIpc) is 2.60. The zero-order valence-electron chi connectivity index (χ0n) is 14.0. The smallest absolute Gasteiger partial charge is 0.253 e. The molecule has 1 N–H and O–H groups in total. The Balaban J connectivity index is 1.89. The normalized spacial score (nSPS) is 17.7. The number of carbonyl (C=O) groups excluding carboxylic acids is 2. The lowest BCUT2D eigenvalue weighted by Gasteiger charge is -2.33. The van der Waals surface area contributed by atoms with E-state index in [1.165, 1.54) is 0 Å². The molecule has 126 valence electrons. The fourth-order valence-electron chi connectivity index (χ4n) is 2.91. The van der Waals surface area contributed by atoms with Gasteiger partial charge in [-0.25, -0.2) is 0 Å². The second kappa shape index (κ2) is 8.56. The van der Waals surface area contributed by atoms with Crippen molar-refractivity contribution in [1.82, 2.24) is 10.2 Å². The molecule has 1 aromatic rings. The number of amides is 2. The van der Waals surface area contributed by atoms with Crippen molar-refractivity contribution in [2.45, 2.75) is 32.6 Å². The number of benzene rings is 1. The first-order chi connectivity index (χ1) is 11.1. The van der Waals surface area contributed by atoms with Crippen molar-refractivity contribution >= 4 is 11.8 Å². The molecule has 0 spiro atoms. The quantitative estimate of drug-likeness (QED) is 0.876. The molecule has 1 heterocycles. The molecule has 0 radical (unpaired) electrons. The second-order valence-electron chi connectivity index (χ2n) is 6.04. The summed E-state index contributed by atoms with van der Waals surface area (Å²) < 4.78 is 5.12. The number of carbonyl (C=O) groups is 2. The first kappa shape index (κ1) is 17.3. The largest absolute Gasteiger partial charge is 0.497 e. The van der Waals surface area contributed by atoms with Gasteiger partial charge in [0.2, 0.25) is 5.91 Å². The van der Waals surface area contributed by atoms with Crippen LogP contribution in [0.1, 0.15) is 43.0 Å². The highest BCUT2D eigenvalue weighted by Gasteiger charge is 2.24. The van der Waals surface area contributed by atoms with E-state index >= 15 is 0 Å². The molecule has 1 atom stereocenters. The third-order valence-corrected chi connectivity index (χ3v) is 4.21. The van der Waals surface area contributed by atoms with Gasteiger partial charge in [0.05, 0.1) is 7.11 Å². The topological polar surface area (TPSA) is 58.6 Å². The molecule has 0 aliphatic carbocycles. The lowest BCUT2D eigenvalue weighted by atomic mass is 9.97. The maximum absolute atomic E-state index is 12.6. The lowest BCUT2D eigenvalue weighted by Crippen LogP contribution is -2.43. The first-order valence-corrected chi connectivity index (χ1v) is 8.34. The third-order valence-electron chi connectivity index (χ3n) is 4.21. The number of rotatable bonds is 6. The standard InChI is InChI=1S/C18H26N2O3/c1-3-5-17(21)19-12-14-6-4-11-20(13-14)18(22)15-7-9-16(23-2)10-8-15/h7-10,14H,3-6,11-13H2,1-2H3,(H,19,21)/t14-/m0/s1. The summed E-state index contributed by atoms with van der Waals surface area (Å²) in [5.41, 5.74) is 0.682. The van der Waals surface area contributed by atoms with Crippen LogP contribution in [0.15, 0.2) is 24.3 Å². The van der Waals surface area contributed by atoms with Crippen LogP contribution in [-0.4, -0.2) is 43.5 Å². The van der Waals surface area contributed by atoms with Crippen LogP contribution in [0.3, 0.4) is 0 Å². The van der Waals surface area contributed by atoms with Gasteiger partial charge in [0, 0.05) is 31.6 Å². The summed E-state index contributed by atoms with van der Waals surface area (Å²) in [6.07, 6.45) is 3.47. The maximum atomic E-state index is 12.6. The van der Waals surface area contributed by atoms with Gasteiger partial charge >= 0.3 is 0 Å². The minimum Gasteiger partial charge on any atom is -0.497 e. The fourth-order valence-corrected chi connectivity index (χ4v) is 2.91. The van der Waals surface area contributed by atoms with Gasteiger partial charge in [0.15, 0.2) is 0 Å². The van der Waals surface area contributed by atoms with Crippen molar-refractivity contribution in [2.24, 2.45) is 5.92 Å². The predicted octanol–water partition coefficient (Wildman–Crippen LogP) is 2.46. The second-order valence-corrected chi connectivity index (χ2v) is 6.04. The van der Waals surface area contributed by atoms with Crippen molar-refractivity contribution in [3.8, 4) is 5.75 Å². The molecule has 2 rings (SSSR count). The van der Waals surface area contributed by atoms with Crippen LogP contribution in [0, 0.1) is 5.92 Å². The van der Waals surface area contributed by atoms with Gasteiger partial charge in [-0.2, -0.15) is 0 Å². The number of nitrogens with one attached hydrogen (secondary N) is 1. The monoisotopic (exact) mass is 318 g/mol. The molecule has 1 fully saturated rings. The van der Waals surface area contributed by atoms with E-state index in [9.17, 15) is 9.59 Å². The molecule has 5 nitrogen and oxygen atoms in total. The number of methoxy groups -OCH3 is 1. The molecule has 5 heteroatoms. The van der Waals surface area contributed by atoms with Gasteiger partial charge < -0.3 is 15.0 Å². The highest BCUT2D eigenvalue weighted by Crippen LogP contribution is 2.19. The van der Waals surface area contributed by atoms with E-state index < -0.39 is 0 Å². The van der Waals surface area contributed by atoms with Crippen LogP contribution in [0.2, 0.25) is 0 Å². The number of nitrogens with zero attached hydrogens (tertiary/aromatic N) is 1. The van der Waals surface area contributed by atoms with Gasteiger partial charge in [-0.1, -0.05) is 6.92 Å². The van der Waals surface area contributed by atoms with Gasteiger partial charge in [0.25, 0.3) is 5.91 Å². The Kier molecular flexibility index (Phi) is 6.44. The van der Waals surface area contributed by atoms with Gasteiger partial charge in [-0.15, -0.1) is 0 Å². The summed E-state index contributed by atoms with van der Waals surface area (Å²) in [6, 6.07) is 7.21. The van der Waals surface area contributed by atoms with Crippen LogP contribution < -0.4 is 10.1 Å². The molecule has 2 amide bonds. The van der Waals surface area contributed by atoms with Crippen LogP contribution in [0.5, 0.6) is 5.75 Å². The average molecular weight is 318 g/mol. The Morgan fingerprint density at radius 3 is 2.70 bits per heavy atom. The summed E-state index contributed by atoms with van der Waals surface area (Å²) in [5.74, 6) is 1.24. The van der Waals surface area contributed by atoms with Crippen LogP contribution in [0.25, 0.3) is 0 Å². The zero-order valence-corrected chi connectivity index (χ0v) is 14.0. The molecule has 0 unspecified atom stereocenters. The number of hydrogen-bond donors (Lipinski definition) is 1. The van der Waals surface area contributed by atoms with Crippen molar-refractivity contribution in [3.63, 3.8) is 0 Å². The zero-order chi connectivity index (χ0) is 16.7. The highest BCUT2D eigenvalue weighted by atomic mass is 16.5. The minimum absolute atomic E-state index is 0.0530. The predicted molar refractivity (Wildman–Crippen MR) is 89.5 cm³/mol. The third kappa shape index (κ3) is 4.98. The summed E-state index contributed by atoms with van der Waals surface area (Å²) in [4.78, 5) is 26.1. The van der Waals surface area contributed by atoms with Crippen molar-refractivity contribution < 1.29 is 14.3 Å². The van der Waals surface area contributed by atoms with E-state index in [1.807, 2.05) is 11.8 Å². The summed E-state index contributed by atoms with van der Waals surface area (Å²) in [5, 5.41) is 2.97. The molecular formula is C18H26N2O3. The van der Waals surface area contributed by atoms with Crippen molar-refractivity contribution in [1.29, 1.82) is 0 Å². The van der Waals surface area contributed by atoms with Crippen molar-refractivity contribution in [3.05, 3.63) is 29.8 Å². The van der Waals surface area contributed by atoms with E-state index in [-0.39, 0.29) is 11.8 Å². The summed E-state index contributed by atoms with van der Waals surface area (Å²) in [7, 11) is 1.61. The number of likely N-dealkylation sites (tertiary alicyclic amines) is 1. The molecule has 1 aliphatic rings. The van der Waals surface area contributed by atoms with E-state index in [2.05, 4.69) is 5.32 Å². The molecule has 0 bridgehead atoms. The van der Waals surface area contributed by atoms with E-state index in [0.29, 0.717) is 31.0 Å². The summed E-state index contributed by atoms with van der Waals surface area (Å²) >= 11 is 0. The van der Waals surface area contributed by atoms with Gasteiger partial charge in [-0.3, -0.25) is 9.59 Å². The Morgan fingerprint density at radius 1 is 1.30 bits per heavy atom. The molecule has 23 heavy (non-hydrogen) atoms. The van der Waals surface area contributed by atoms with E-state index in [4.69, 9.17) is 4.74 Å². The van der Waals surface area contributed by atoms with Crippen molar-refractivity contribution in [2.75, 3.05) is 26.7 Å². The maximum Gasteiger partial charge on any atom is 0.253 e. The Bertz CT molecular complexity index is 528. The highest BCUT2D eigenvalue weighted by molar-refractivity contribution is 5.94. The lowest BCUT2D eigenvalue weighted by molar-refractivity contribution is -0.121. The molecule has 1 saturated heterocycles. The number of piperidine rings is 1. The van der Waals surface area contributed by atoms with E-state index in [0.717, 1.165) is 31.6 Å². The van der Waals surface area contributed by atoms with Crippen LogP contribution in [-0.2, 0) is 4.79 Å². The molecule has 0 aromatic heterocycles.